The number of carbonyl (C=O) groups is 2. The van der Waals surface area contributed by atoms with Gasteiger partial charge in [0.05, 0.1) is 37.6 Å². The van der Waals surface area contributed by atoms with Crippen LogP contribution in [0.15, 0.2) is 91.1 Å². The van der Waals surface area contributed by atoms with Crippen LogP contribution in [0.4, 0.5) is 11.4 Å². The van der Waals surface area contributed by atoms with E-state index in [1.165, 1.54) is 12.0 Å². The highest BCUT2D eigenvalue weighted by Gasteiger charge is 2.53. The molecule has 0 radical (unpaired) electrons. The monoisotopic (exact) mass is 729 g/mol. The van der Waals surface area contributed by atoms with Gasteiger partial charge in [0.25, 0.3) is 11.8 Å². The zero-order valence-electron chi connectivity index (χ0n) is 29.1. The molecule has 280 valence electrons. The quantitative estimate of drug-likeness (QED) is 0.0965. The van der Waals surface area contributed by atoms with Crippen molar-refractivity contribution in [2.24, 2.45) is 5.92 Å². The van der Waals surface area contributed by atoms with Gasteiger partial charge in [-0.05, 0) is 47.9 Å². The lowest BCUT2D eigenvalue weighted by molar-refractivity contribution is -0.274. The fourth-order valence-corrected chi connectivity index (χ4v) is 6.72. The number of rotatable bonds is 13. The summed E-state index contributed by atoms with van der Waals surface area (Å²) in [5.41, 5.74) is 1.39. The fourth-order valence-electron chi connectivity index (χ4n) is 6.72. The van der Waals surface area contributed by atoms with Gasteiger partial charge in [0.15, 0.2) is 18.0 Å². The van der Waals surface area contributed by atoms with Crippen molar-refractivity contribution < 1.29 is 49.7 Å². The molecule has 2 aliphatic rings. The minimum Gasteiger partial charge on any atom is -0.497 e. The molecule has 0 saturated carbocycles. The van der Waals surface area contributed by atoms with Crippen LogP contribution in [-0.4, -0.2) is 102 Å². The molecule has 2 amide bonds. The predicted octanol–water partition coefficient (Wildman–Crippen LogP) is 1.17. The van der Waals surface area contributed by atoms with E-state index >= 15 is 0 Å². The van der Waals surface area contributed by atoms with Crippen LogP contribution in [0, 0.1) is 5.92 Å². The second-order valence-electron chi connectivity index (χ2n) is 13.2. The van der Waals surface area contributed by atoms with E-state index in [1.807, 2.05) is 36.4 Å². The molecule has 53 heavy (non-hydrogen) atoms. The van der Waals surface area contributed by atoms with E-state index < -0.39 is 54.0 Å². The number of aliphatic hydroxyl groups excluding tert-OH is 5. The third-order valence-electron chi connectivity index (χ3n) is 9.76. The second-order valence-corrected chi connectivity index (χ2v) is 13.2. The zero-order valence-corrected chi connectivity index (χ0v) is 29.1. The first kappa shape index (κ1) is 37.7. The number of nitrogens with zero attached hydrogens (tertiary/aromatic N) is 4. The van der Waals surface area contributed by atoms with Gasteiger partial charge in [0.2, 0.25) is 0 Å². The lowest BCUT2D eigenvalue weighted by Crippen LogP contribution is -2.60. The number of fused-ring (bicyclic) bond motifs is 1. The summed E-state index contributed by atoms with van der Waals surface area (Å²) in [6, 6.07) is 21.2. The van der Waals surface area contributed by atoms with Crippen LogP contribution in [0.1, 0.15) is 41.6 Å². The average molecular weight is 730 g/mol. The SMILES string of the molecule is COc1ccc2c(c1)[C@@](O)([C@H](C)/C=C/CCn1cc(C(CO)c3ccccc3)nn1)C(=O)N2Cc1cccc(NC(=O)[C@H]2O[C@@H](O)[C@H](O)[C@@H](O)[C@@H]2O)c1. The third-order valence-corrected chi connectivity index (χ3v) is 9.76. The summed E-state index contributed by atoms with van der Waals surface area (Å²) in [5, 5.41) is 73.0. The van der Waals surface area contributed by atoms with Crippen molar-refractivity contribution in [1.82, 2.24) is 15.0 Å². The summed E-state index contributed by atoms with van der Waals surface area (Å²) in [7, 11) is 1.50. The number of hydrogen-bond acceptors (Lipinski definition) is 12. The Hall–Kier alpha value is -5.00. The Morgan fingerprint density at radius 3 is 2.55 bits per heavy atom. The second kappa shape index (κ2) is 15.9. The maximum Gasteiger partial charge on any atom is 0.264 e. The Labute approximate surface area is 305 Å². The predicted molar refractivity (Wildman–Crippen MR) is 190 cm³/mol. The average Bonchev–Trinajstić information content (AvgIpc) is 3.71. The van der Waals surface area contributed by atoms with Crippen molar-refractivity contribution in [3.8, 4) is 5.75 Å². The molecule has 0 bridgehead atoms. The smallest absolute Gasteiger partial charge is 0.264 e. The molecule has 0 spiro atoms. The van der Waals surface area contributed by atoms with Gasteiger partial charge in [-0.25, -0.2) is 0 Å². The lowest BCUT2D eigenvalue weighted by Gasteiger charge is -2.37. The number of hydrogen-bond donors (Lipinski definition) is 7. The standard InChI is InChI=1S/C38H43N5O10/c1-22(9-6-7-16-42-20-29(40-41-42)27(21-44)24-11-4-3-5-12-24)38(51)28-18-26(52-2)14-15-30(28)43(37(38)50)19-23-10-8-13-25(17-23)39-35(48)34-32(46)31(45)33(47)36(49)53-34/h3-6,8-15,17-18,20,22,27,31-34,36,44-47,49,51H,7,16,19,21H2,1-2H3,(H,39,48)/b9-6+/t22-,27?,31+,32+,33-,34+,36-,38+/m1/s1. The van der Waals surface area contributed by atoms with Crippen molar-refractivity contribution in [3.05, 3.63) is 114 Å². The topological polar surface area (TPSA) is 220 Å². The lowest BCUT2D eigenvalue weighted by atomic mass is 9.83. The highest BCUT2D eigenvalue weighted by molar-refractivity contribution is 6.07. The molecule has 8 atom stereocenters. The first-order chi connectivity index (χ1) is 25.5. The molecule has 3 heterocycles. The molecule has 15 heteroatoms. The van der Waals surface area contributed by atoms with E-state index in [9.17, 15) is 40.2 Å². The number of ether oxygens (including phenoxy) is 2. The molecule has 15 nitrogen and oxygen atoms in total. The third kappa shape index (κ3) is 7.59. The van der Waals surface area contributed by atoms with E-state index in [2.05, 4.69) is 15.6 Å². The molecule has 1 fully saturated rings. The Bertz CT molecular complexity index is 1940. The van der Waals surface area contributed by atoms with Gasteiger partial charge in [0, 0.05) is 29.9 Å². The number of anilines is 2. The van der Waals surface area contributed by atoms with Crippen molar-refractivity contribution in [1.29, 1.82) is 0 Å². The summed E-state index contributed by atoms with van der Waals surface area (Å²) in [4.78, 5) is 28.5. The van der Waals surface area contributed by atoms with Gasteiger partial charge in [-0.2, -0.15) is 0 Å². The molecule has 7 N–H and O–H groups in total. The minimum atomic E-state index is -1.93. The van der Waals surface area contributed by atoms with Crippen molar-refractivity contribution in [2.45, 2.75) is 68.7 Å². The summed E-state index contributed by atoms with van der Waals surface area (Å²) in [5.74, 6) is -1.91. The molecular formula is C38H43N5O10. The summed E-state index contributed by atoms with van der Waals surface area (Å²) in [6.07, 6.45) is -2.93. The van der Waals surface area contributed by atoms with Crippen LogP contribution >= 0.6 is 0 Å². The summed E-state index contributed by atoms with van der Waals surface area (Å²) >= 11 is 0. The van der Waals surface area contributed by atoms with Gasteiger partial charge in [-0.15, -0.1) is 5.10 Å². The Balaban J connectivity index is 1.15. The number of aryl methyl sites for hydroxylation is 1. The van der Waals surface area contributed by atoms with Crippen LogP contribution in [0.5, 0.6) is 5.75 Å². The highest BCUT2D eigenvalue weighted by atomic mass is 16.6. The number of aromatic nitrogens is 3. The number of amides is 2. The molecule has 1 aromatic heterocycles. The van der Waals surface area contributed by atoms with Crippen LogP contribution in [0.3, 0.4) is 0 Å². The van der Waals surface area contributed by atoms with E-state index in [0.717, 1.165) is 5.56 Å². The Kier molecular flexibility index (Phi) is 11.3. The van der Waals surface area contributed by atoms with Gasteiger partial charge < -0.3 is 50.3 Å². The van der Waals surface area contributed by atoms with Crippen LogP contribution < -0.4 is 15.0 Å². The van der Waals surface area contributed by atoms with Gasteiger partial charge in [-0.3, -0.25) is 14.3 Å². The normalized spacial score (nSPS) is 25.3. The van der Waals surface area contributed by atoms with E-state index in [-0.39, 0.29) is 24.8 Å². The maximum atomic E-state index is 14.2. The number of methoxy groups -OCH3 is 1. The molecule has 0 aliphatic carbocycles. The molecule has 3 aromatic carbocycles. The largest absolute Gasteiger partial charge is 0.497 e. The number of aliphatic hydroxyl groups is 6. The molecule has 1 unspecified atom stereocenters. The molecule has 4 aromatic rings. The first-order valence-electron chi connectivity index (χ1n) is 17.2. The van der Waals surface area contributed by atoms with Crippen molar-refractivity contribution >= 4 is 23.2 Å². The van der Waals surface area contributed by atoms with E-state index in [1.54, 1.807) is 66.3 Å². The first-order valence-corrected chi connectivity index (χ1v) is 17.2. The van der Waals surface area contributed by atoms with Gasteiger partial charge in [-0.1, -0.05) is 66.8 Å². The molecule has 6 rings (SSSR count). The van der Waals surface area contributed by atoms with Gasteiger partial charge in [0.1, 0.15) is 24.1 Å². The maximum absolute atomic E-state index is 14.2. The Morgan fingerprint density at radius 2 is 1.81 bits per heavy atom. The zero-order chi connectivity index (χ0) is 37.9. The number of allylic oxidation sites excluding steroid dienone is 1. The molecular weight excluding hydrogens is 686 g/mol. The number of benzene rings is 3. The molecule has 1 saturated heterocycles. The van der Waals surface area contributed by atoms with Crippen molar-refractivity contribution in [3.63, 3.8) is 0 Å². The fraction of sp³-hybridized carbons (Fsp3) is 0.368. The van der Waals surface area contributed by atoms with Crippen LogP contribution in [0.25, 0.3) is 0 Å². The summed E-state index contributed by atoms with van der Waals surface area (Å²) in [6.45, 7) is 2.15. The highest BCUT2D eigenvalue weighted by Crippen LogP contribution is 2.47. The van der Waals surface area contributed by atoms with Gasteiger partial charge >= 0.3 is 0 Å². The number of carbonyl (C=O) groups excluding carboxylic acids is 2. The number of nitrogens with one attached hydrogen (secondary N) is 1. The van der Waals surface area contributed by atoms with Crippen LogP contribution in [0.2, 0.25) is 0 Å². The Morgan fingerprint density at radius 1 is 1.04 bits per heavy atom. The van der Waals surface area contributed by atoms with Crippen LogP contribution in [-0.2, 0) is 33.0 Å². The van der Waals surface area contributed by atoms with Crippen molar-refractivity contribution in [2.75, 3.05) is 23.9 Å². The molecule has 2 aliphatic heterocycles. The van der Waals surface area contributed by atoms with E-state index in [4.69, 9.17) is 9.47 Å². The minimum absolute atomic E-state index is 0.0270. The van der Waals surface area contributed by atoms with E-state index in [0.29, 0.717) is 41.2 Å². The summed E-state index contributed by atoms with van der Waals surface area (Å²) < 4.78 is 12.1.